The van der Waals surface area contributed by atoms with Crippen LogP contribution in [-0.2, 0) is 11.2 Å². The average Bonchev–Trinajstić information content (AvgIpc) is 2.38. The molecular weight excluding hydrogens is 238 g/mol. The molecule has 0 saturated carbocycles. The Bertz CT molecular complexity index is 442. The zero-order valence-electron chi connectivity index (χ0n) is 11.8. The van der Waals surface area contributed by atoms with E-state index >= 15 is 0 Å². The number of carboxylic acids is 1. The van der Waals surface area contributed by atoms with Gasteiger partial charge in [-0.1, -0.05) is 32.0 Å². The largest absolute Gasteiger partial charge is 0.481 e. The number of carbonyl (C=O) groups is 1. The van der Waals surface area contributed by atoms with Crippen molar-refractivity contribution in [3.63, 3.8) is 0 Å². The number of hydrogen-bond donors (Lipinski definition) is 1. The van der Waals surface area contributed by atoms with Crippen LogP contribution in [0.25, 0.3) is 0 Å². The molecule has 1 aromatic rings. The molecule has 3 nitrogen and oxygen atoms in total. The summed E-state index contributed by atoms with van der Waals surface area (Å²) in [7, 11) is 0. The molecule has 0 bridgehead atoms. The summed E-state index contributed by atoms with van der Waals surface area (Å²) < 4.78 is 0. The quantitative estimate of drug-likeness (QED) is 0.885. The molecule has 1 aliphatic rings. The standard InChI is InChI=1S/C16H23NO2/c1-12(2)6-5-9-17-11-14(16(18)19)10-13-7-3-4-8-15(13)17/h3-4,7-8,12,14H,5-6,9-11H2,1-2H3,(H,18,19). The van der Waals surface area contributed by atoms with Crippen molar-refractivity contribution in [2.75, 3.05) is 18.0 Å². The molecule has 1 unspecified atom stereocenters. The number of benzene rings is 1. The number of rotatable bonds is 5. The number of fused-ring (bicyclic) bond motifs is 1. The SMILES string of the molecule is CC(C)CCCN1CC(C(=O)O)Cc2ccccc21. The van der Waals surface area contributed by atoms with Gasteiger partial charge in [-0.2, -0.15) is 0 Å². The van der Waals surface area contributed by atoms with E-state index in [9.17, 15) is 9.90 Å². The monoisotopic (exact) mass is 261 g/mol. The summed E-state index contributed by atoms with van der Waals surface area (Å²) in [6.07, 6.45) is 2.97. The van der Waals surface area contributed by atoms with Gasteiger partial charge in [-0.25, -0.2) is 0 Å². The number of carboxylic acid groups (broad SMARTS) is 1. The molecule has 0 saturated heterocycles. The zero-order valence-corrected chi connectivity index (χ0v) is 11.8. The van der Waals surface area contributed by atoms with E-state index < -0.39 is 5.97 Å². The highest BCUT2D eigenvalue weighted by Gasteiger charge is 2.28. The van der Waals surface area contributed by atoms with Crippen LogP contribution in [0.3, 0.4) is 0 Å². The molecule has 3 heteroatoms. The highest BCUT2D eigenvalue weighted by Crippen LogP contribution is 2.30. The van der Waals surface area contributed by atoms with Gasteiger partial charge < -0.3 is 10.0 Å². The lowest BCUT2D eigenvalue weighted by Crippen LogP contribution is -2.39. The number of para-hydroxylation sites is 1. The maximum absolute atomic E-state index is 11.3. The molecule has 0 amide bonds. The van der Waals surface area contributed by atoms with Crippen LogP contribution in [-0.4, -0.2) is 24.2 Å². The van der Waals surface area contributed by atoms with E-state index in [1.54, 1.807) is 0 Å². The van der Waals surface area contributed by atoms with Gasteiger partial charge >= 0.3 is 5.97 Å². The van der Waals surface area contributed by atoms with Crippen LogP contribution < -0.4 is 4.90 Å². The van der Waals surface area contributed by atoms with Crippen molar-refractivity contribution in [2.45, 2.75) is 33.1 Å². The number of nitrogens with zero attached hydrogens (tertiary/aromatic N) is 1. The summed E-state index contributed by atoms with van der Waals surface area (Å²) in [4.78, 5) is 13.5. The van der Waals surface area contributed by atoms with Crippen molar-refractivity contribution in [2.24, 2.45) is 11.8 Å². The minimum atomic E-state index is -0.677. The van der Waals surface area contributed by atoms with Gasteiger partial charge in [0, 0.05) is 18.8 Å². The van der Waals surface area contributed by atoms with Crippen molar-refractivity contribution in [1.82, 2.24) is 0 Å². The Balaban J connectivity index is 2.10. The van der Waals surface area contributed by atoms with E-state index in [1.165, 1.54) is 17.7 Å². The highest BCUT2D eigenvalue weighted by atomic mass is 16.4. The van der Waals surface area contributed by atoms with E-state index in [0.29, 0.717) is 18.9 Å². The van der Waals surface area contributed by atoms with Crippen molar-refractivity contribution >= 4 is 11.7 Å². The van der Waals surface area contributed by atoms with Crippen LogP contribution in [0.2, 0.25) is 0 Å². The Labute approximate surface area is 115 Å². The predicted octanol–water partition coefficient (Wildman–Crippen LogP) is 3.19. The molecule has 104 valence electrons. The minimum Gasteiger partial charge on any atom is -0.481 e. The molecule has 0 aliphatic carbocycles. The molecule has 1 heterocycles. The van der Waals surface area contributed by atoms with E-state index in [1.807, 2.05) is 12.1 Å². The van der Waals surface area contributed by atoms with Crippen LogP contribution in [0.15, 0.2) is 24.3 Å². The van der Waals surface area contributed by atoms with Gasteiger partial charge in [0.15, 0.2) is 0 Å². The van der Waals surface area contributed by atoms with Gasteiger partial charge in [0.05, 0.1) is 5.92 Å². The van der Waals surface area contributed by atoms with Gasteiger partial charge in [-0.15, -0.1) is 0 Å². The highest BCUT2D eigenvalue weighted by molar-refractivity contribution is 5.73. The van der Waals surface area contributed by atoms with Crippen LogP contribution in [0, 0.1) is 11.8 Å². The van der Waals surface area contributed by atoms with Gasteiger partial charge in [0.2, 0.25) is 0 Å². The van der Waals surface area contributed by atoms with Gasteiger partial charge in [-0.05, 0) is 36.8 Å². The first-order chi connectivity index (χ1) is 9.08. The van der Waals surface area contributed by atoms with E-state index in [-0.39, 0.29) is 5.92 Å². The lowest BCUT2D eigenvalue weighted by atomic mass is 9.92. The summed E-state index contributed by atoms with van der Waals surface area (Å²) >= 11 is 0. The molecule has 19 heavy (non-hydrogen) atoms. The second-order valence-corrected chi connectivity index (χ2v) is 5.85. The number of aliphatic carboxylic acids is 1. The van der Waals surface area contributed by atoms with Crippen LogP contribution in [0.5, 0.6) is 0 Å². The van der Waals surface area contributed by atoms with E-state index in [4.69, 9.17) is 0 Å². The first-order valence-corrected chi connectivity index (χ1v) is 7.13. The molecule has 2 rings (SSSR count). The summed E-state index contributed by atoms with van der Waals surface area (Å²) in [5.41, 5.74) is 2.40. The molecule has 1 N–H and O–H groups in total. The fourth-order valence-electron chi connectivity index (χ4n) is 2.75. The molecule has 0 fully saturated rings. The zero-order chi connectivity index (χ0) is 13.8. The third-order valence-electron chi connectivity index (χ3n) is 3.80. The van der Waals surface area contributed by atoms with Crippen LogP contribution in [0.4, 0.5) is 5.69 Å². The molecular formula is C16H23NO2. The predicted molar refractivity (Wildman–Crippen MR) is 77.6 cm³/mol. The van der Waals surface area contributed by atoms with Crippen LogP contribution in [0.1, 0.15) is 32.3 Å². The topological polar surface area (TPSA) is 40.5 Å². The third kappa shape index (κ3) is 3.49. The first kappa shape index (κ1) is 13.9. The van der Waals surface area contributed by atoms with Crippen molar-refractivity contribution in [3.05, 3.63) is 29.8 Å². The number of hydrogen-bond acceptors (Lipinski definition) is 2. The summed E-state index contributed by atoms with van der Waals surface area (Å²) in [6, 6.07) is 8.20. The fraction of sp³-hybridized carbons (Fsp3) is 0.562. The van der Waals surface area contributed by atoms with Gasteiger partial charge in [-0.3, -0.25) is 4.79 Å². The Morgan fingerprint density at radius 2 is 2.16 bits per heavy atom. The fourth-order valence-corrected chi connectivity index (χ4v) is 2.75. The summed E-state index contributed by atoms with van der Waals surface area (Å²) in [5, 5.41) is 9.27. The second kappa shape index (κ2) is 6.09. The summed E-state index contributed by atoms with van der Waals surface area (Å²) in [5.74, 6) is -0.243. The lowest BCUT2D eigenvalue weighted by molar-refractivity contribution is -0.141. The van der Waals surface area contributed by atoms with Crippen LogP contribution >= 0.6 is 0 Å². The second-order valence-electron chi connectivity index (χ2n) is 5.85. The Hall–Kier alpha value is -1.51. The Morgan fingerprint density at radius 1 is 1.42 bits per heavy atom. The minimum absolute atomic E-state index is 0.269. The van der Waals surface area contributed by atoms with Gasteiger partial charge in [0.1, 0.15) is 0 Å². The maximum atomic E-state index is 11.3. The molecule has 0 spiro atoms. The maximum Gasteiger partial charge on any atom is 0.308 e. The van der Waals surface area contributed by atoms with E-state index in [0.717, 1.165) is 13.0 Å². The average molecular weight is 261 g/mol. The Morgan fingerprint density at radius 3 is 2.84 bits per heavy atom. The van der Waals surface area contributed by atoms with Gasteiger partial charge in [0.25, 0.3) is 0 Å². The van der Waals surface area contributed by atoms with E-state index in [2.05, 4.69) is 30.9 Å². The molecule has 0 radical (unpaired) electrons. The third-order valence-corrected chi connectivity index (χ3v) is 3.80. The normalized spacial score (nSPS) is 18.5. The molecule has 1 aromatic carbocycles. The van der Waals surface area contributed by atoms with Crippen molar-refractivity contribution in [3.8, 4) is 0 Å². The lowest BCUT2D eigenvalue weighted by Gasteiger charge is -2.34. The first-order valence-electron chi connectivity index (χ1n) is 7.13. The summed E-state index contributed by atoms with van der Waals surface area (Å²) in [6.45, 7) is 6.05. The number of anilines is 1. The Kier molecular flexibility index (Phi) is 4.46. The molecule has 0 aromatic heterocycles. The van der Waals surface area contributed by atoms with Crippen molar-refractivity contribution < 1.29 is 9.90 Å². The smallest absolute Gasteiger partial charge is 0.308 e. The van der Waals surface area contributed by atoms with Crippen molar-refractivity contribution in [1.29, 1.82) is 0 Å². The molecule has 1 aliphatic heterocycles. The molecule has 1 atom stereocenters.